The van der Waals surface area contributed by atoms with Crippen LogP contribution < -0.4 is 4.74 Å². The van der Waals surface area contributed by atoms with Crippen molar-refractivity contribution in [1.29, 1.82) is 0 Å². The van der Waals surface area contributed by atoms with Crippen molar-refractivity contribution in [2.75, 3.05) is 20.4 Å². The number of alkyl halides is 1. The Morgan fingerprint density at radius 2 is 2.00 bits per heavy atom. The Hall–Kier alpha value is -1.58. The summed E-state index contributed by atoms with van der Waals surface area (Å²) in [5.74, 6) is -0.115. The van der Waals surface area contributed by atoms with Gasteiger partial charge in [-0.3, -0.25) is 0 Å². The molecule has 1 aromatic carbocycles. The molecule has 0 fully saturated rings. The number of rotatable bonds is 4. The topological polar surface area (TPSA) is 35.5 Å². The number of hydrogen-bond donors (Lipinski definition) is 0. The third-order valence-corrected chi connectivity index (χ3v) is 2.59. The fraction of sp³-hybridized carbons (Fsp3) is 0.500. The van der Waals surface area contributed by atoms with Crippen LogP contribution in [0.3, 0.4) is 0 Å². The van der Waals surface area contributed by atoms with Crippen LogP contribution in [0.1, 0.15) is 36.7 Å². The number of halogens is 1. The molecular formula is C14H19FO3. The molecule has 1 aromatic rings. The lowest BCUT2D eigenvalue weighted by Crippen LogP contribution is -2.14. The van der Waals surface area contributed by atoms with E-state index in [1.807, 2.05) is 6.07 Å². The average Bonchev–Trinajstić information content (AvgIpc) is 2.34. The first-order valence-corrected chi connectivity index (χ1v) is 5.81. The van der Waals surface area contributed by atoms with E-state index in [0.29, 0.717) is 11.3 Å². The van der Waals surface area contributed by atoms with E-state index < -0.39 is 12.6 Å². The van der Waals surface area contributed by atoms with Crippen molar-refractivity contribution < 1.29 is 18.7 Å². The van der Waals surface area contributed by atoms with E-state index in [1.54, 1.807) is 12.1 Å². The molecule has 100 valence electrons. The van der Waals surface area contributed by atoms with Gasteiger partial charge in [-0.15, -0.1) is 0 Å². The Kier molecular flexibility index (Phi) is 4.70. The van der Waals surface area contributed by atoms with E-state index in [1.165, 1.54) is 7.11 Å². The summed E-state index contributed by atoms with van der Waals surface area (Å²) in [4.78, 5) is 11.6. The first kappa shape index (κ1) is 14.5. The van der Waals surface area contributed by atoms with Gasteiger partial charge in [0.25, 0.3) is 0 Å². The van der Waals surface area contributed by atoms with Crippen LogP contribution in [0.5, 0.6) is 5.75 Å². The zero-order valence-electron chi connectivity index (χ0n) is 11.2. The number of hydrogen-bond acceptors (Lipinski definition) is 3. The van der Waals surface area contributed by atoms with Crippen LogP contribution in [-0.2, 0) is 10.2 Å². The summed E-state index contributed by atoms with van der Waals surface area (Å²) in [5.41, 5.74) is 1.27. The van der Waals surface area contributed by atoms with Crippen molar-refractivity contribution >= 4 is 5.97 Å². The van der Waals surface area contributed by atoms with Crippen LogP contribution in [0.2, 0.25) is 0 Å². The third-order valence-electron chi connectivity index (χ3n) is 2.59. The van der Waals surface area contributed by atoms with E-state index in [9.17, 15) is 9.18 Å². The minimum Gasteiger partial charge on any atom is -0.490 e. The highest BCUT2D eigenvalue weighted by atomic mass is 19.1. The molecule has 0 aliphatic heterocycles. The third kappa shape index (κ3) is 3.45. The van der Waals surface area contributed by atoms with Crippen LogP contribution in [0.25, 0.3) is 0 Å². The normalized spacial score (nSPS) is 11.2. The molecule has 0 bridgehead atoms. The fourth-order valence-corrected chi connectivity index (χ4v) is 1.54. The summed E-state index contributed by atoms with van der Waals surface area (Å²) in [7, 11) is 1.30. The number of carbonyl (C=O) groups is 1. The lowest BCUT2D eigenvalue weighted by atomic mass is 9.86. The molecule has 0 aliphatic carbocycles. The molecule has 1 rings (SSSR count). The number of ether oxygens (including phenoxy) is 2. The highest BCUT2D eigenvalue weighted by Gasteiger charge is 2.19. The second kappa shape index (κ2) is 5.85. The molecule has 0 amide bonds. The van der Waals surface area contributed by atoms with Crippen LogP contribution in [0, 0.1) is 0 Å². The molecule has 0 unspecified atom stereocenters. The first-order chi connectivity index (χ1) is 8.40. The Balaban J connectivity index is 3.16. The second-order valence-corrected chi connectivity index (χ2v) is 4.99. The molecule has 0 atom stereocenters. The molecule has 0 radical (unpaired) electrons. The fourth-order valence-electron chi connectivity index (χ4n) is 1.54. The highest BCUT2D eigenvalue weighted by molar-refractivity contribution is 5.92. The number of esters is 1. The summed E-state index contributed by atoms with van der Waals surface area (Å²) in [5, 5.41) is 0. The van der Waals surface area contributed by atoms with E-state index in [2.05, 4.69) is 25.5 Å². The van der Waals surface area contributed by atoms with Crippen molar-refractivity contribution in [2.45, 2.75) is 26.2 Å². The number of carbonyl (C=O) groups excluding carboxylic acids is 1. The van der Waals surface area contributed by atoms with Crippen LogP contribution in [0.15, 0.2) is 18.2 Å². The van der Waals surface area contributed by atoms with Gasteiger partial charge in [0.05, 0.1) is 7.11 Å². The zero-order valence-corrected chi connectivity index (χ0v) is 11.2. The van der Waals surface area contributed by atoms with E-state index in [4.69, 9.17) is 4.74 Å². The van der Waals surface area contributed by atoms with Crippen molar-refractivity contribution in [3.63, 3.8) is 0 Å². The smallest absolute Gasteiger partial charge is 0.341 e. The lowest BCUT2D eigenvalue weighted by molar-refractivity contribution is 0.0595. The Bertz CT molecular complexity index is 422. The molecule has 4 heteroatoms. The van der Waals surface area contributed by atoms with Crippen molar-refractivity contribution in [1.82, 2.24) is 0 Å². The standard InChI is InChI=1S/C14H19FO3/c1-14(2,3)10-5-6-11(13(16)17-4)12(9-10)18-8-7-15/h5-6,9H,7-8H2,1-4H3. The minimum absolute atomic E-state index is 0.0670. The van der Waals surface area contributed by atoms with Gasteiger partial charge < -0.3 is 9.47 Å². The molecular weight excluding hydrogens is 235 g/mol. The van der Waals surface area contributed by atoms with E-state index >= 15 is 0 Å². The van der Waals surface area contributed by atoms with Gasteiger partial charge in [0.1, 0.15) is 24.6 Å². The van der Waals surface area contributed by atoms with Gasteiger partial charge in [-0.2, -0.15) is 0 Å². The number of benzene rings is 1. The maximum atomic E-state index is 12.2. The van der Waals surface area contributed by atoms with Crippen LogP contribution in [-0.4, -0.2) is 26.4 Å². The largest absolute Gasteiger partial charge is 0.490 e. The Labute approximate surface area is 107 Å². The minimum atomic E-state index is -0.597. The van der Waals surface area contributed by atoms with Gasteiger partial charge in [0, 0.05) is 0 Å². The highest BCUT2D eigenvalue weighted by Crippen LogP contribution is 2.29. The van der Waals surface area contributed by atoms with Crippen LogP contribution in [0.4, 0.5) is 4.39 Å². The second-order valence-electron chi connectivity index (χ2n) is 4.99. The van der Waals surface area contributed by atoms with Gasteiger partial charge in [-0.05, 0) is 23.1 Å². The predicted octanol–water partition coefficient (Wildman–Crippen LogP) is 3.12. The average molecular weight is 254 g/mol. The summed E-state index contributed by atoms with van der Waals surface area (Å²) in [6.45, 7) is 5.50. The van der Waals surface area contributed by atoms with Crippen LogP contribution >= 0.6 is 0 Å². The van der Waals surface area contributed by atoms with Gasteiger partial charge in [-0.1, -0.05) is 26.8 Å². The quantitative estimate of drug-likeness (QED) is 0.774. The van der Waals surface area contributed by atoms with Crippen molar-refractivity contribution in [2.24, 2.45) is 0 Å². The van der Waals surface area contributed by atoms with Gasteiger partial charge in [0.2, 0.25) is 0 Å². The molecule has 3 nitrogen and oxygen atoms in total. The van der Waals surface area contributed by atoms with Gasteiger partial charge >= 0.3 is 5.97 Å². The molecule has 18 heavy (non-hydrogen) atoms. The molecule has 0 saturated heterocycles. The first-order valence-electron chi connectivity index (χ1n) is 5.81. The summed E-state index contributed by atoms with van der Waals surface area (Å²) in [6, 6.07) is 5.27. The van der Waals surface area contributed by atoms with Gasteiger partial charge in [-0.25, -0.2) is 9.18 Å². The van der Waals surface area contributed by atoms with E-state index in [-0.39, 0.29) is 12.0 Å². The van der Waals surface area contributed by atoms with Crippen molar-refractivity contribution in [3.8, 4) is 5.75 Å². The molecule has 0 aromatic heterocycles. The summed E-state index contributed by atoms with van der Waals surface area (Å²) < 4.78 is 22.1. The number of methoxy groups -OCH3 is 1. The lowest BCUT2D eigenvalue weighted by Gasteiger charge is -2.21. The van der Waals surface area contributed by atoms with E-state index in [0.717, 1.165) is 5.56 Å². The monoisotopic (exact) mass is 254 g/mol. The van der Waals surface area contributed by atoms with Gasteiger partial charge in [0.15, 0.2) is 0 Å². The zero-order chi connectivity index (χ0) is 13.8. The molecule has 0 aliphatic rings. The Morgan fingerprint density at radius 3 is 2.50 bits per heavy atom. The van der Waals surface area contributed by atoms with Crippen molar-refractivity contribution in [3.05, 3.63) is 29.3 Å². The summed E-state index contributed by atoms with van der Waals surface area (Å²) >= 11 is 0. The summed E-state index contributed by atoms with van der Waals surface area (Å²) in [6.07, 6.45) is 0. The maximum absolute atomic E-state index is 12.2. The predicted molar refractivity (Wildman–Crippen MR) is 68.0 cm³/mol. The molecule has 0 saturated carbocycles. The molecule has 0 spiro atoms. The molecule has 0 heterocycles. The Morgan fingerprint density at radius 1 is 1.33 bits per heavy atom. The maximum Gasteiger partial charge on any atom is 0.341 e. The molecule has 0 N–H and O–H groups in total. The SMILES string of the molecule is COC(=O)c1ccc(C(C)(C)C)cc1OCCF.